The molecule has 0 heterocycles. The Kier molecular flexibility index (Phi) is 3.68. The summed E-state index contributed by atoms with van der Waals surface area (Å²) in [5, 5.41) is 9.68. The van der Waals surface area contributed by atoms with Gasteiger partial charge in [-0.3, -0.25) is 4.79 Å². The van der Waals surface area contributed by atoms with E-state index in [1.54, 1.807) is 19.9 Å². The van der Waals surface area contributed by atoms with Crippen molar-refractivity contribution < 1.29 is 9.90 Å². The van der Waals surface area contributed by atoms with Crippen molar-refractivity contribution in [2.45, 2.75) is 30.4 Å². The van der Waals surface area contributed by atoms with Crippen LogP contribution in [0.4, 0.5) is 0 Å². The number of carboxylic acids is 1. The molecule has 0 fully saturated rings. The molecule has 0 radical (unpaired) electrons. The van der Waals surface area contributed by atoms with Gasteiger partial charge in [0, 0.05) is 9.92 Å². The van der Waals surface area contributed by atoms with E-state index >= 15 is 0 Å². The van der Waals surface area contributed by atoms with E-state index in [9.17, 15) is 4.79 Å². The highest BCUT2D eigenvalue weighted by atomic mass is 35.5. The highest BCUT2D eigenvalue weighted by Gasteiger charge is 2.28. The van der Waals surface area contributed by atoms with E-state index in [1.807, 2.05) is 19.1 Å². The van der Waals surface area contributed by atoms with E-state index < -0.39 is 10.7 Å². The maximum absolute atomic E-state index is 10.9. The molecule has 0 saturated carbocycles. The van der Waals surface area contributed by atoms with Crippen LogP contribution in [0.2, 0.25) is 5.02 Å². The van der Waals surface area contributed by atoms with Gasteiger partial charge < -0.3 is 5.11 Å². The molecule has 1 aromatic carbocycles. The Morgan fingerprint density at radius 3 is 2.53 bits per heavy atom. The summed E-state index contributed by atoms with van der Waals surface area (Å²) in [6.45, 7) is 5.27. The van der Waals surface area contributed by atoms with Crippen molar-refractivity contribution in [3.8, 4) is 0 Å². The Morgan fingerprint density at radius 1 is 1.47 bits per heavy atom. The van der Waals surface area contributed by atoms with Crippen molar-refractivity contribution in [3.05, 3.63) is 28.8 Å². The van der Waals surface area contributed by atoms with Crippen LogP contribution in [-0.2, 0) is 4.79 Å². The number of rotatable bonds is 3. The third-order valence-electron chi connectivity index (χ3n) is 2.02. The van der Waals surface area contributed by atoms with Gasteiger partial charge in [-0.05, 0) is 44.5 Å². The molecule has 4 heteroatoms. The molecule has 82 valence electrons. The quantitative estimate of drug-likeness (QED) is 0.826. The summed E-state index contributed by atoms with van der Waals surface area (Å²) in [4.78, 5) is 11.9. The first-order chi connectivity index (χ1) is 6.83. The van der Waals surface area contributed by atoms with Crippen LogP contribution in [0, 0.1) is 6.92 Å². The van der Waals surface area contributed by atoms with Crippen molar-refractivity contribution in [1.29, 1.82) is 0 Å². The van der Waals surface area contributed by atoms with Crippen LogP contribution >= 0.6 is 23.4 Å². The van der Waals surface area contributed by atoms with E-state index in [0.717, 1.165) is 10.5 Å². The Hall–Kier alpha value is -0.670. The molecular formula is C11H13ClO2S. The zero-order valence-corrected chi connectivity index (χ0v) is 10.4. The average Bonchev–Trinajstić information content (AvgIpc) is 2.10. The standard InChI is InChI=1S/C11H13ClO2S/c1-7-6-8(4-5-9(7)12)15-11(2,3)10(13)14/h4-6H,1-3H3,(H,13,14). The van der Waals surface area contributed by atoms with Crippen molar-refractivity contribution in [2.24, 2.45) is 0 Å². The zero-order chi connectivity index (χ0) is 11.6. The van der Waals surface area contributed by atoms with Crippen molar-refractivity contribution >= 4 is 29.3 Å². The topological polar surface area (TPSA) is 37.3 Å². The number of aryl methyl sites for hydroxylation is 1. The van der Waals surface area contributed by atoms with Crippen LogP contribution in [0.25, 0.3) is 0 Å². The minimum Gasteiger partial charge on any atom is -0.480 e. The lowest BCUT2D eigenvalue weighted by atomic mass is 10.2. The first-order valence-electron chi connectivity index (χ1n) is 4.51. The van der Waals surface area contributed by atoms with E-state index in [1.165, 1.54) is 11.8 Å². The van der Waals surface area contributed by atoms with Crippen LogP contribution in [0.15, 0.2) is 23.1 Å². The fourth-order valence-corrected chi connectivity index (χ4v) is 2.18. The molecule has 1 rings (SSSR count). The number of halogens is 1. The SMILES string of the molecule is Cc1cc(SC(C)(C)C(=O)O)ccc1Cl. The summed E-state index contributed by atoms with van der Waals surface area (Å²) < 4.78 is -0.819. The molecule has 0 bridgehead atoms. The van der Waals surface area contributed by atoms with E-state index in [-0.39, 0.29) is 0 Å². The molecule has 0 unspecified atom stereocenters. The van der Waals surface area contributed by atoms with E-state index in [0.29, 0.717) is 5.02 Å². The van der Waals surface area contributed by atoms with Crippen LogP contribution in [0.3, 0.4) is 0 Å². The lowest BCUT2D eigenvalue weighted by Crippen LogP contribution is -2.26. The number of hydrogen-bond acceptors (Lipinski definition) is 2. The summed E-state index contributed by atoms with van der Waals surface area (Å²) in [7, 11) is 0. The van der Waals surface area contributed by atoms with Gasteiger partial charge in [-0.1, -0.05) is 11.6 Å². The molecule has 0 aliphatic rings. The maximum atomic E-state index is 10.9. The van der Waals surface area contributed by atoms with Crippen LogP contribution in [0.1, 0.15) is 19.4 Å². The van der Waals surface area contributed by atoms with Crippen molar-refractivity contribution in [3.63, 3.8) is 0 Å². The summed E-state index contributed by atoms with van der Waals surface area (Å²) >= 11 is 7.21. The highest BCUT2D eigenvalue weighted by molar-refractivity contribution is 8.01. The minimum atomic E-state index is -0.819. The first kappa shape index (κ1) is 12.4. The lowest BCUT2D eigenvalue weighted by molar-refractivity contribution is -0.138. The summed E-state index contributed by atoms with van der Waals surface area (Å²) in [5.41, 5.74) is 0.961. The predicted molar refractivity (Wildman–Crippen MR) is 63.8 cm³/mol. The molecule has 15 heavy (non-hydrogen) atoms. The third kappa shape index (κ3) is 3.14. The van der Waals surface area contributed by atoms with Gasteiger partial charge in [-0.2, -0.15) is 0 Å². The van der Waals surface area contributed by atoms with Gasteiger partial charge in [0.05, 0.1) is 0 Å². The second-order valence-corrected chi connectivity index (χ2v) is 5.93. The van der Waals surface area contributed by atoms with E-state index in [2.05, 4.69) is 0 Å². The van der Waals surface area contributed by atoms with Gasteiger partial charge >= 0.3 is 5.97 Å². The van der Waals surface area contributed by atoms with Crippen molar-refractivity contribution in [1.82, 2.24) is 0 Å². The van der Waals surface area contributed by atoms with Gasteiger partial charge in [0.25, 0.3) is 0 Å². The Bertz CT molecular complexity index is 388. The predicted octanol–water partition coefficient (Wildman–Crippen LogP) is 3.60. The lowest BCUT2D eigenvalue weighted by Gasteiger charge is -2.18. The molecule has 0 aliphatic heterocycles. The number of benzene rings is 1. The smallest absolute Gasteiger partial charge is 0.319 e. The van der Waals surface area contributed by atoms with Gasteiger partial charge in [-0.15, -0.1) is 11.8 Å². The molecule has 1 aromatic rings. The molecule has 0 aromatic heterocycles. The number of carboxylic acid groups (broad SMARTS) is 1. The van der Waals surface area contributed by atoms with Gasteiger partial charge in [0.15, 0.2) is 0 Å². The normalized spacial score (nSPS) is 11.5. The molecule has 0 aliphatic carbocycles. The number of hydrogen-bond donors (Lipinski definition) is 1. The molecule has 0 amide bonds. The average molecular weight is 245 g/mol. The van der Waals surface area contributed by atoms with Gasteiger partial charge in [-0.25, -0.2) is 0 Å². The molecular weight excluding hydrogens is 232 g/mol. The fraction of sp³-hybridized carbons (Fsp3) is 0.364. The molecule has 0 saturated heterocycles. The zero-order valence-electron chi connectivity index (χ0n) is 8.87. The van der Waals surface area contributed by atoms with Crippen LogP contribution < -0.4 is 0 Å². The molecule has 1 N–H and O–H groups in total. The second-order valence-electron chi connectivity index (χ2n) is 3.83. The summed E-state index contributed by atoms with van der Waals surface area (Å²) in [5.74, 6) is -0.819. The van der Waals surface area contributed by atoms with Crippen LogP contribution in [-0.4, -0.2) is 15.8 Å². The maximum Gasteiger partial charge on any atom is 0.319 e. The van der Waals surface area contributed by atoms with Gasteiger partial charge in [0.2, 0.25) is 0 Å². The molecule has 0 spiro atoms. The second kappa shape index (κ2) is 4.45. The summed E-state index contributed by atoms with van der Waals surface area (Å²) in [6, 6.07) is 5.53. The largest absolute Gasteiger partial charge is 0.480 e. The first-order valence-corrected chi connectivity index (χ1v) is 5.71. The Labute approximate surface area is 98.6 Å². The molecule has 0 atom stereocenters. The highest BCUT2D eigenvalue weighted by Crippen LogP contribution is 2.34. The molecule has 2 nitrogen and oxygen atoms in total. The van der Waals surface area contributed by atoms with Crippen LogP contribution in [0.5, 0.6) is 0 Å². The fourth-order valence-electron chi connectivity index (χ4n) is 1.02. The third-order valence-corrected chi connectivity index (χ3v) is 3.62. The van der Waals surface area contributed by atoms with Crippen molar-refractivity contribution in [2.75, 3.05) is 0 Å². The number of aliphatic carboxylic acids is 1. The number of thioether (sulfide) groups is 1. The number of carbonyl (C=O) groups is 1. The Balaban J connectivity index is 2.91. The minimum absolute atomic E-state index is 0.701. The monoisotopic (exact) mass is 244 g/mol. The summed E-state index contributed by atoms with van der Waals surface area (Å²) in [6.07, 6.45) is 0. The Morgan fingerprint density at radius 2 is 2.07 bits per heavy atom. The van der Waals surface area contributed by atoms with Gasteiger partial charge in [0.1, 0.15) is 4.75 Å². The van der Waals surface area contributed by atoms with E-state index in [4.69, 9.17) is 16.7 Å².